The monoisotopic (exact) mass is 794 g/mol. The van der Waals surface area contributed by atoms with Crippen LogP contribution >= 0.6 is 0 Å². The Hall–Kier alpha value is -7.94. The molecule has 0 saturated carbocycles. The standard InChI is InChI=1S/C60H46N2/c1-5-13-45(14-6-1)48-21-23-49(24-22-48)52-29-39-56(40-30-52)61(55-19-11-4-12-20-55)57-41-31-53(32-42-57)54-33-43-60(44-34-54)62(58-35-25-50(26-36-58)46-15-7-2-8-16-46)59-37-27-51(28-38-59)47-17-9-3-10-18-47/h1-33,35-43H,34,44H2. The summed E-state index contributed by atoms with van der Waals surface area (Å²) in [6.07, 6.45) is 6.50. The van der Waals surface area contributed by atoms with Gasteiger partial charge in [0.15, 0.2) is 0 Å². The van der Waals surface area contributed by atoms with E-state index in [0.717, 1.165) is 41.3 Å². The van der Waals surface area contributed by atoms with Crippen molar-refractivity contribution in [2.24, 2.45) is 0 Å². The summed E-state index contributed by atoms with van der Waals surface area (Å²) in [5.41, 5.74) is 19.3. The van der Waals surface area contributed by atoms with Crippen LogP contribution in [0.5, 0.6) is 0 Å². The SMILES string of the molecule is C1=C(c2ccc(N(c3ccccc3)c3ccc(-c4ccc(-c5ccccc5)cc4)cc3)cc2)CCC(N(c2ccc(-c3ccccc3)cc2)c2ccc(-c3ccccc3)cc2)=C1. The number of para-hydroxylation sites is 1. The van der Waals surface area contributed by atoms with Crippen LogP contribution in [0.4, 0.5) is 28.4 Å². The van der Waals surface area contributed by atoms with Crippen molar-refractivity contribution in [3.63, 3.8) is 0 Å². The van der Waals surface area contributed by atoms with E-state index in [-0.39, 0.29) is 0 Å². The van der Waals surface area contributed by atoms with Gasteiger partial charge in [-0.25, -0.2) is 0 Å². The fourth-order valence-corrected chi connectivity index (χ4v) is 8.54. The van der Waals surface area contributed by atoms with Gasteiger partial charge in [-0.1, -0.05) is 188 Å². The maximum absolute atomic E-state index is 2.42. The van der Waals surface area contributed by atoms with Crippen molar-refractivity contribution >= 4 is 34.0 Å². The molecule has 0 heterocycles. The van der Waals surface area contributed by atoms with Crippen molar-refractivity contribution in [1.29, 1.82) is 0 Å². The second kappa shape index (κ2) is 17.7. The number of hydrogen-bond donors (Lipinski definition) is 0. The van der Waals surface area contributed by atoms with Crippen LogP contribution in [0.1, 0.15) is 18.4 Å². The Morgan fingerprint density at radius 3 is 0.823 bits per heavy atom. The molecular formula is C60H46N2. The van der Waals surface area contributed by atoms with Crippen LogP contribution in [0.25, 0.3) is 50.1 Å². The van der Waals surface area contributed by atoms with Crippen molar-refractivity contribution in [1.82, 2.24) is 0 Å². The third kappa shape index (κ3) is 8.28. The van der Waals surface area contributed by atoms with Crippen molar-refractivity contribution in [3.8, 4) is 44.5 Å². The van der Waals surface area contributed by atoms with Crippen molar-refractivity contribution < 1.29 is 0 Å². The molecule has 10 rings (SSSR count). The van der Waals surface area contributed by atoms with Crippen LogP contribution in [0.3, 0.4) is 0 Å². The zero-order valence-electron chi connectivity index (χ0n) is 34.6. The van der Waals surface area contributed by atoms with Gasteiger partial charge in [0.2, 0.25) is 0 Å². The first kappa shape index (κ1) is 38.3. The molecule has 0 aromatic heterocycles. The normalized spacial score (nSPS) is 12.3. The van der Waals surface area contributed by atoms with Crippen LogP contribution in [-0.4, -0.2) is 0 Å². The zero-order chi connectivity index (χ0) is 41.5. The van der Waals surface area contributed by atoms with E-state index >= 15 is 0 Å². The molecule has 1 aliphatic carbocycles. The summed E-state index contributed by atoms with van der Waals surface area (Å²) < 4.78 is 0. The van der Waals surface area contributed by atoms with E-state index in [1.807, 2.05) is 0 Å². The van der Waals surface area contributed by atoms with Gasteiger partial charge in [-0.05, 0) is 135 Å². The van der Waals surface area contributed by atoms with Gasteiger partial charge in [0.05, 0.1) is 0 Å². The van der Waals surface area contributed by atoms with Gasteiger partial charge in [0, 0.05) is 34.1 Å². The molecule has 0 aliphatic heterocycles. The molecule has 296 valence electrons. The summed E-state index contributed by atoms with van der Waals surface area (Å²) in [7, 11) is 0. The summed E-state index contributed by atoms with van der Waals surface area (Å²) in [6, 6.07) is 87.2. The molecular weight excluding hydrogens is 749 g/mol. The fraction of sp³-hybridized carbons (Fsp3) is 0.0333. The second-order valence-corrected chi connectivity index (χ2v) is 15.7. The summed E-state index contributed by atoms with van der Waals surface area (Å²) >= 11 is 0. The molecule has 1 aliphatic rings. The predicted molar refractivity (Wildman–Crippen MR) is 263 cm³/mol. The van der Waals surface area contributed by atoms with Gasteiger partial charge >= 0.3 is 0 Å². The van der Waals surface area contributed by atoms with Gasteiger partial charge in [-0.15, -0.1) is 0 Å². The lowest BCUT2D eigenvalue weighted by Gasteiger charge is -2.30. The molecule has 0 bridgehead atoms. The van der Waals surface area contributed by atoms with Crippen molar-refractivity contribution in [2.45, 2.75) is 12.8 Å². The van der Waals surface area contributed by atoms with Crippen LogP contribution < -0.4 is 9.80 Å². The topological polar surface area (TPSA) is 6.48 Å². The largest absolute Gasteiger partial charge is 0.314 e. The Morgan fingerprint density at radius 1 is 0.210 bits per heavy atom. The smallest absolute Gasteiger partial charge is 0.0462 e. The van der Waals surface area contributed by atoms with Gasteiger partial charge in [0.1, 0.15) is 0 Å². The molecule has 9 aromatic carbocycles. The molecule has 2 heteroatoms. The highest BCUT2D eigenvalue weighted by Gasteiger charge is 2.20. The first-order valence-electron chi connectivity index (χ1n) is 21.5. The summed E-state index contributed by atoms with van der Waals surface area (Å²) in [5.74, 6) is 0. The Kier molecular flexibility index (Phi) is 10.9. The van der Waals surface area contributed by atoms with Crippen LogP contribution in [0.15, 0.2) is 261 Å². The highest BCUT2D eigenvalue weighted by molar-refractivity contribution is 5.81. The number of hydrogen-bond acceptors (Lipinski definition) is 2. The predicted octanol–water partition coefficient (Wildman–Crippen LogP) is 16.7. The van der Waals surface area contributed by atoms with Crippen molar-refractivity contribution in [3.05, 3.63) is 266 Å². The maximum atomic E-state index is 2.42. The van der Waals surface area contributed by atoms with Crippen LogP contribution in [0.2, 0.25) is 0 Å². The minimum Gasteiger partial charge on any atom is -0.314 e. The highest BCUT2D eigenvalue weighted by Crippen LogP contribution is 2.40. The first-order chi connectivity index (χ1) is 30.7. The van der Waals surface area contributed by atoms with Gasteiger partial charge in [0.25, 0.3) is 0 Å². The van der Waals surface area contributed by atoms with Gasteiger partial charge < -0.3 is 9.80 Å². The van der Waals surface area contributed by atoms with E-state index in [0.29, 0.717) is 0 Å². The Morgan fingerprint density at radius 2 is 0.484 bits per heavy atom. The molecule has 0 fully saturated rings. The van der Waals surface area contributed by atoms with E-state index in [1.54, 1.807) is 0 Å². The van der Waals surface area contributed by atoms with E-state index in [1.165, 1.54) is 61.3 Å². The molecule has 0 unspecified atom stereocenters. The van der Waals surface area contributed by atoms with Gasteiger partial charge in [-0.3, -0.25) is 0 Å². The maximum Gasteiger partial charge on any atom is 0.0462 e. The molecule has 0 N–H and O–H groups in total. The minimum absolute atomic E-state index is 0.923. The summed E-state index contributed by atoms with van der Waals surface area (Å²) in [6.45, 7) is 0. The van der Waals surface area contributed by atoms with Crippen molar-refractivity contribution in [2.75, 3.05) is 9.80 Å². The average Bonchev–Trinajstić information content (AvgIpc) is 3.36. The minimum atomic E-state index is 0.923. The molecule has 0 atom stereocenters. The molecule has 9 aromatic rings. The Bertz CT molecular complexity index is 2840. The molecule has 0 spiro atoms. The Labute approximate surface area is 365 Å². The summed E-state index contributed by atoms with van der Waals surface area (Å²) in [5, 5.41) is 0. The second-order valence-electron chi connectivity index (χ2n) is 15.7. The number of rotatable bonds is 11. The quantitative estimate of drug-likeness (QED) is 0.129. The highest BCUT2D eigenvalue weighted by atomic mass is 15.2. The van der Waals surface area contributed by atoms with Crippen LogP contribution in [-0.2, 0) is 0 Å². The lowest BCUT2D eigenvalue weighted by atomic mass is 9.94. The third-order valence-electron chi connectivity index (χ3n) is 11.8. The number of anilines is 5. The average molecular weight is 795 g/mol. The van der Waals surface area contributed by atoms with Crippen LogP contribution in [0, 0.1) is 0 Å². The number of nitrogens with zero attached hydrogens (tertiary/aromatic N) is 2. The van der Waals surface area contributed by atoms with E-state index in [9.17, 15) is 0 Å². The molecule has 0 amide bonds. The lowest BCUT2D eigenvalue weighted by molar-refractivity contribution is 0.930. The fourth-order valence-electron chi connectivity index (χ4n) is 8.54. The molecule has 0 saturated heterocycles. The number of allylic oxidation sites excluding steroid dienone is 4. The number of benzene rings is 9. The Balaban J connectivity index is 0.918. The molecule has 0 radical (unpaired) electrons. The summed E-state index contributed by atoms with van der Waals surface area (Å²) in [4.78, 5) is 4.76. The van der Waals surface area contributed by atoms with E-state index in [4.69, 9.17) is 0 Å². The first-order valence-corrected chi connectivity index (χ1v) is 21.5. The molecule has 62 heavy (non-hydrogen) atoms. The third-order valence-corrected chi connectivity index (χ3v) is 11.8. The lowest BCUT2D eigenvalue weighted by Crippen LogP contribution is -2.17. The zero-order valence-corrected chi connectivity index (χ0v) is 34.6. The van der Waals surface area contributed by atoms with E-state index < -0.39 is 0 Å². The molecule has 2 nitrogen and oxygen atoms in total. The van der Waals surface area contributed by atoms with Gasteiger partial charge in [-0.2, -0.15) is 0 Å². The van der Waals surface area contributed by atoms with E-state index in [2.05, 4.69) is 265 Å².